The molecule has 2 N–H and O–H groups in total. The predicted molar refractivity (Wildman–Crippen MR) is 127 cm³/mol. The average molecular weight is 468 g/mol. The molecule has 2 aromatic carbocycles. The maximum absolute atomic E-state index is 10.9. The van der Waals surface area contributed by atoms with E-state index in [0.717, 1.165) is 43.5 Å². The van der Waals surface area contributed by atoms with Gasteiger partial charge >= 0.3 is 7.60 Å². The topological polar surface area (TPSA) is 112 Å². The maximum Gasteiger partial charge on any atom is 0.325 e. The average Bonchev–Trinajstić information content (AvgIpc) is 3.46. The number of hydrazone groups is 1. The fourth-order valence-electron chi connectivity index (χ4n) is 4.04. The molecule has 1 aliphatic rings. The smallest absolute Gasteiger partial charge is 0.325 e. The second-order valence-corrected chi connectivity index (χ2v) is 10.0. The summed E-state index contributed by atoms with van der Waals surface area (Å²) in [7, 11) is -3.88. The summed E-state index contributed by atoms with van der Waals surface area (Å²) >= 11 is 0. The van der Waals surface area contributed by atoms with Crippen LogP contribution in [0.4, 0.5) is 0 Å². The van der Waals surface area contributed by atoms with E-state index in [1.54, 1.807) is 0 Å². The lowest BCUT2D eigenvalue weighted by atomic mass is 10.0. The van der Waals surface area contributed by atoms with Gasteiger partial charge in [0, 0.05) is 24.7 Å². The summed E-state index contributed by atoms with van der Waals surface area (Å²) in [6.07, 6.45) is 3.77. The zero-order chi connectivity index (χ0) is 23.3. The van der Waals surface area contributed by atoms with Crippen LogP contribution in [0, 0.1) is 0 Å². The first-order valence-corrected chi connectivity index (χ1v) is 13.1. The molecular formula is C24H29N4O4P. The molecule has 1 atom stereocenters. The second-order valence-electron chi connectivity index (χ2n) is 8.25. The number of hydrogen-bond donors (Lipinski definition) is 2. The molecule has 0 aliphatic carbocycles. The van der Waals surface area contributed by atoms with Crippen molar-refractivity contribution in [2.75, 3.05) is 12.7 Å². The number of unbranched alkanes of at least 4 members (excludes halogenated alkanes) is 2. The molecule has 0 fully saturated rings. The quantitative estimate of drug-likeness (QED) is 0.325. The molecule has 0 spiro atoms. The maximum atomic E-state index is 10.9. The van der Waals surface area contributed by atoms with Gasteiger partial charge in [-0.3, -0.25) is 9.57 Å². The minimum absolute atomic E-state index is 0.0422. The lowest BCUT2D eigenvalue weighted by molar-refractivity contribution is 0.246. The molecule has 3 aromatic rings. The van der Waals surface area contributed by atoms with Crippen LogP contribution < -0.4 is 0 Å². The van der Waals surface area contributed by atoms with Crippen molar-refractivity contribution in [3.8, 4) is 11.4 Å². The molecule has 9 heteroatoms. The number of benzene rings is 2. The van der Waals surface area contributed by atoms with Crippen LogP contribution in [0.25, 0.3) is 11.4 Å². The molecule has 0 amide bonds. The first-order chi connectivity index (χ1) is 15.9. The van der Waals surface area contributed by atoms with E-state index in [1.807, 2.05) is 42.5 Å². The largest absolute Gasteiger partial charge is 0.332 e. The monoisotopic (exact) mass is 468 g/mol. The first kappa shape index (κ1) is 23.4. The van der Waals surface area contributed by atoms with Gasteiger partial charge in [0.2, 0.25) is 5.82 Å². The lowest BCUT2D eigenvalue weighted by Crippen LogP contribution is -2.18. The Hall–Kier alpha value is -2.80. The number of aromatic nitrogens is 2. The van der Waals surface area contributed by atoms with Gasteiger partial charge in [0.25, 0.3) is 5.89 Å². The highest BCUT2D eigenvalue weighted by atomic mass is 31.2. The van der Waals surface area contributed by atoms with Crippen molar-refractivity contribution in [1.82, 2.24) is 15.1 Å². The van der Waals surface area contributed by atoms with Crippen LogP contribution >= 0.6 is 7.60 Å². The third-order valence-corrected chi connectivity index (χ3v) is 6.70. The van der Waals surface area contributed by atoms with Crippen LogP contribution in [0.2, 0.25) is 0 Å². The van der Waals surface area contributed by atoms with Gasteiger partial charge in [-0.25, -0.2) is 0 Å². The van der Waals surface area contributed by atoms with Gasteiger partial charge in [0.15, 0.2) is 0 Å². The van der Waals surface area contributed by atoms with Crippen LogP contribution in [0.3, 0.4) is 0 Å². The molecule has 33 heavy (non-hydrogen) atoms. The minimum atomic E-state index is -3.88. The molecular weight excluding hydrogens is 439 g/mol. The van der Waals surface area contributed by atoms with Crippen molar-refractivity contribution in [2.24, 2.45) is 5.10 Å². The van der Waals surface area contributed by atoms with Gasteiger partial charge in [-0.05, 0) is 37.3 Å². The Morgan fingerprint density at radius 3 is 2.52 bits per heavy atom. The Kier molecular flexibility index (Phi) is 7.38. The Morgan fingerprint density at radius 1 is 1.06 bits per heavy atom. The fourth-order valence-corrected chi connectivity index (χ4v) is 4.68. The number of hydrogen-bond acceptors (Lipinski definition) is 6. The van der Waals surface area contributed by atoms with Crippen molar-refractivity contribution < 1.29 is 18.9 Å². The Morgan fingerprint density at radius 2 is 1.82 bits per heavy atom. The van der Waals surface area contributed by atoms with Gasteiger partial charge in [0.05, 0.1) is 6.04 Å². The highest BCUT2D eigenvalue weighted by Gasteiger charge is 2.30. The van der Waals surface area contributed by atoms with Crippen LogP contribution in [-0.2, 0) is 11.0 Å². The van der Waals surface area contributed by atoms with E-state index in [9.17, 15) is 4.57 Å². The fraction of sp³-hybridized carbons (Fsp3) is 0.375. The summed E-state index contributed by atoms with van der Waals surface area (Å²) in [6.45, 7) is 2.88. The minimum Gasteiger partial charge on any atom is -0.332 e. The molecule has 1 unspecified atom stereocenters. The van der Waals surface area contributed by atoms with Gasteiger partial charge in [-0.15, -0.1) is 0 Å². The molecule has 1 aromatic heterocycles. The van der Waals surface area contributed by atoms with E-state index in [2.05, 4.69) is 34.2 Å². The van der Waals surface area contributed by atoms with Crippen molar-refractivity contribution in [3.63, 3.8) is 0 Å². The zero-order valence-electron chi connectivity index (χ0n) is 18.7. The summed E-state index contributed by atoms with van der Waals surface area (Å²) in [5.74, 6) is 0.989. The third kappa shape index (κ3) is 6.16. The number of nitrogens with zero attached hydrogens (tertiary/aromatic N) is 4. The van der Waals surface area contributed by atoms with Gasteiger partial charge in [0.1, 0.15) is 5.71 Å². The van der Waals surface area contributed by atoms with Gasteiger partial charge < -0.3 is 14.3 Å². The Labute approximate surface area is 193 Å². The predicted octanol–water partition coefficient (Wildman–Crippen LogP) is 4.80. The van der Waals surface area contributed by atoms with E-state index in [0.29, 0.717) is 18.1 Å². The first-order valence-electron chi connectivity index (χ1n) is 11.3. The summed E-state index contributed by atoms with van der Waals surface area (Å²) in [5, 5.41) is 10.9. The summed E-state index contributed by atoms with van der Waals surface area (Å²) in [5.41, 5.74) is 4.07. The SMILES string of the molecule is CCN1N=C(c2nc(-c3ccc(CCCCCP(=O)(O)O)cc3)no2)CC1c1ccccc1. The molecule has 0 saturated heterocycles. The van der Waals surface area contributed by atoms with Crippen LogP contribution in [-0.4, -0.2) is 43.4 Å². The highest BCUT2D eigenvalue weighted by Crippen LogP contribution is 2.35. The van der Waals surface area contributed by atoms with Crippen molar-refractivity contribution in [1.29, 1.82) is 0 Å². The van der Waals surface area contributed by atoms with Crippen molar-refractivity contribution in [3.05, 3.63) is 71.6 Å². The van der Waals surface area contributed by atoms with Crippen LogP contribution in [0.5, 0.6) is 0 Å². The van der Waals surface area contributed by atoms with Crippen molar-refractivity contribution in [2.45, 2.75) is 45.1 Å². The molecule has 174 valence electrons. The van der Waals surface area contributed by atoms with E-state index in [1.165, 1.54) is 11.1 Å². The molecule has 1 aliphatic heterocycles. The van der Waals surface area contributed by atoms with Crippen LogP contribution in [0.1, 0.15) is 55.7 Å². The number of rotatable bonds is 10. The van der Waals surface area contributed by atoms with E-state index < -0.39 is 7.60 Å². The molecule has 4 rings (SSSR count). The highest BCUT2D eigenvalue weighted by molar-refractivity contribution is 7.51. The van der Waals surface area contributed by atoms with E-state index in [4.69, 9.17) is 19.4 Å². The van der Waals surface area contributed by atoms with Gasteiger partial charge in [-0.1, -0.05) is 66.2 Å². The molecule has 0 radical (unpaired) electrons. The van der Waals surface area contributed by atoms with Crippen LogP contribution in [0.15, 0.2) is 64.2 Å². The summed E-state index contributed by atoms with van der Waals surface area (Å²) in [6, 6.07) is 18.5. The lowest BCUT2D eigenvalue weighted by Gasteiger charge is -2.21. The summed E-state index contributed by atoms with van der Waals surface area (Å²) < 4.78 is 16.4. The molecule has 0 bridgehead atoms. The molecule has 0 saturated carbocycles. The second kappa shape index (κ2) is 10.4. The summed E-state index contributed by atoms with van der Waals surface area (Å²) in [4.78, 5) is 22.4. The standard InChI is InChI=1S/C24H29N4O4P/c1-2-28-22(19-10-6-3-7-11-19)17-21(26-28)24-25-23(27-32-24)20-14-12-18(13-15-20)9-5-4-8-16-33(29,30)31/h3,6-7,10-15,22H,2,4-5,8-9,16-17H2,1H3,(H2,29,30,31). The van der Waals surface area contributed by atoms with E-state index >= 15 is 0 Å². The Bertz CT molecular complexity index is 1120. The van der Waals surface area contributed by atoms with E-state index in [-0.39, 0.29) is 12.2 Å². The molecule has 2 heterocycles. The normalized spacial score (nSPS) is 16.3. The molecule has 8 nitrogen and oxygen atoms in total. The zero-order valence-corrected chi connectivity index (χ0v) is 19.6. The Balaban J connectivity index is 1.36. The van der Waals surface area contributed by atoms with Gasteiger partial charge in [-0.2, -0.15) is 10.1 Å². The third-order valence-electron chi connectivity index (χ3n) is 5.80. The number of aryl methyl sites for hydroxylation is 1. The van der Waals surface area contributed by atoms with Crippen molar-refractivity contribution >= 4 is 13.3 Å².